The summed E-state index contributed by atoms with van der Waals surface area (Å²) in [6.45, 7) is 5.69. The van der Waals surface area contributed by atoms with Gasteiger partial charge in [-0.15, -0.1) is 0 Å². The molecule has 1 aromatic rings. The Morgan fingerprint density at radius 1 is 1.29 bits per heavy atom. The minimum absolute atomic E-state index is 0.0269. The van der Waals surface area contributed by atoms with E-state index in [9.17, 15) is 14.7 Å². The van der Waals surface area contributed by atoms with E-state index in [1.807, 2.05) is 13.8 Å². The lowest BCUT2D eigenvalue weighted by Gasteiger charge is -2.22. The molecule has 1 amide bonds. The monoisotopic (exact) mass is 295 g/mol. The second-order valence-corrected chi connectivity index (χ2v) is 4.76. The van der Waals surface area contributed by atoms with E-state index in [0.29, 0.717) is 12.4 Å². The molecule has 0 aliphatic rings. The summed E-state index contributed by atoms with van der Waals surface area (Å²) in [5.74, 6) is -0.960. The lowest BCUT2D eigenvalue weighted by Crippen LogP contribution is -2.36. The zero-order valence-corrected chi connectivity index (χ0v) is 12.8. The van der Waals surface area contributed by atoms with Crippen molar-refractivity contribution >= 4 is 11.9 Å². The highest BCUT2D eigenvalue weighted by Crippen LogP contribution is 2.31. The topological polar surface area (TPSA) is 76.1 Å². The Morgan fingerprint density at radius 2 is 1.95 bits per heavy atom. The second kappa shape index (κ2) is 7.52. The third-order valence-corrected chi connectivity index (χ3v) is 3.02. The average Bonchev–Trinajstić information content (AvgIpc) is 2.44. The molecule has 0 fully saturated rings. The molecule has 0 saturated heterocycles. The van der Waals surface area contributed by atoms with Gasteiger partial charge in [0.1, 0.15) is 5.56 Å². The van der Waals surface area contributed by atoms with Crippen molar-refractivity contribution in [3.63, 3.8) is 0 Å². The molecule has 0 heterocycles. The number of carboxylic acids is 1. The summed E-state index contributed by atoms with van der Waals surface area (Å²) in [6, 6.07) is 4.64. The average molecular weight is 295 g/mol. The number of ether oxygens (including phenoxy) is 2. The molecule has 0 radical (unpaired) electrons. The first-order valence-corrected chi connectivity index (χ1v) is 6.76. The maximum atomic E-state index is 11.9. The summed E-state index contributed by atoms with van der Waals surface area (Å²) in [5.41, 5.74) is -0.0269. The zero-order chi connectivity index (χ0) is 16.0. The normalized spacial score (nSPS) is 10.3. The molecule has 0 aliphatic heterocycles. The number of carbonyl (C=O) groups excluding carboxylic acids is 1. The number of rotatable bonds is 7. The Kier molecular flexibility index (Phi) is 6.02. The number of carbonyl (C=O) groups is 2. The van der Waals surface area contributed by atoms with Crippen LogP contribution in [0.3, 0.4) is 0 Å². The highest BCUT2D eigenvalue weighted by Gasteiger charge is 2.19. The van der Waals surface area contributed by atoms with Crippen LogP contribution in [0, 0.1) is 0 Å². The molecule has 0 unspecified atom stereocenters. The van der Waals surface area contributed by atoms with Crippen LogP contribution in [0.1, 0.15) is 31.1 Å². The van der Waals surface area contributed by atoms with Crippen LogP contribution >= 0.6 is 0 Å². The fraction of sp³-hybridized carbons (Fsp3) is 0.467. The van der Waals surface area contributed by atoms with E-state index in [2.05, 4.69) is 0 Å². The lowest BCUT2D eigenvalue weighted by molar-refractivity contribution is -0.133. The number of para-hydroxylation sites is 1. The van der Waals surface area contributed by atoms with Crippen molar-refractivity contribution in [3.05, 3.63) is 23.8 Å². The van der Waals surface area contributed by atoms with Gasteiger partial charge in [0.05, 0.1) is 6.61 Å². The van der Waals surface area contributed by atoms with Crippen LogP contribution < -0.4 is 9.47 Å². The van der Waals surface area contributed by atoms with Gasteiger partial charge in [0.15, 0.2) is 18.1 Å². The Hall–Kier alpha value is -2.24. The number of amides is 1. The van der Waals surface area contributed by atoms with Crippen molar-refractivity contribution in [2.45, 2.75) is 26.8 Å². The minimum Gasteiger partial charge on any atom is -0.490 e. The van der Waals surface area contributed by atoms with Crippen LogP contribution in [0.15, 0.2) is 18.2 Å². The van der Waals surface area contributed by atoms with Crippen molar-refractivity contribution in [2.75, 3.05) is 20.3 Å². The van der Waals surface area contributed by atoms with Gasteiger partial charge in [-0.25, -0.2) is 4.79 Å². The van der Waals surface area contributed by atoms with Gasteiger partial charge in [0.2, 0.25) is 0 Å². The smallest absolute Gasteiger partial charge is 0.339 e. The van der Waals surface area contributed by atoms with Crippen molar-refractivity contribution in [1.29, 1.82) is 0 Å². The van der Waals surface area contributed by atoms with E-state index in [1.165, 1.54) is 11.0 Å². The third kappa shape index (κ3) is 4.37. The van der Waals surface area contributed by atoms with Crippen LogP contribution in [0.25, 0.3) is 0 Å². The van der Waals surface area contributed by atoms with Crippen molar-refractivity contribution < 1.29 is 24.2 Å². The molecule has 1 rings (SSSR count). The van der Waals surface area contributed by atoms with Crippen molar-refractivity contribution in [2.24, 2.45) is 0 Å². The fourth-order valence-electron chi connectivity index (χ4n) is 1.63. The molecule has 1 N–H and O–H groups in total. The minimum atomic E-state index is -1.13. The molecule has 0 atom stereocenters. The SMILES string of the molecule is CCOc1cccc(C(=O)O)c1OCC(=O)N(C)C(C)C. The first kappa shape index (κ1) is 16.8. The van der Waals surface area contributed by atoms with E-state index in [1.54, 1.807) is 26.1 Å². The Labute approximate surface area is 124 Å². The molecule has 116 valence electrons. The largest absolute Gasteiger partial charge is 0.490 e. The van der Waals surface area contributed by atoms with Gasteiger partial charge in [0, 0.05) is 13.1 Å². The summed E-state index contributed by atoms with van der Waals surface area (Å²) in [6.07, 6.45) is 0. The predicted molar refractivity (Wildman–Crippen MR) is 78.0 cm³/mol. The molecule has 0 spiro atoms. The predicted octanol–water partition coefficient (Wildman–Crippen LogP) is 2.03. The van der Waals surface area contributed by atoms with E-state index in [4.69, 9.17) is 9.47 Å². The number of hydrogen-bond donors (Lipinski definition) is 1. The number of aromatic carboxylic acids is 1. The van der Waals surface area contributed by atoms with Gasteiger partial charge >= 0.3 is 5.97 Å². The molecular weight excluding hydrogens is 274 g/mol. The molecule has 1 aromatic carbocycles. The maximum absolute atomic E-state index is 11.9. The lowest BCUT2D eigenvalue weighted by atomic mass is 10.2. The van der Waals surface area contributed by atoms with Crippen molar-refractivity contribution in [3.8, 4) is 11.5 Å². The third-order valence-electron chi connectivity index (χ3n) is 3.02. The first-order chi connectivity index (χ1) is 9.88. The summed E-state index contributed by atoms with van der Waals surface area (Å²) >= 11 is 0. The Balaban J connectivity index is 2.95. The van der Waals surface area contributed by atoms with Gasteiger partial charge < -0.3 is 19.5 Å². The highest BCUT2D eigenvalue weighted by molar-refractivity contribution is 5.92. The molecule has 0 aliphatic carbocycles. The molecule has 0 bridgehead atoms. The van der Waals surface area contributed by atoms with E-state index < -0.39 is 5.97 Å². The molecule has 6 nitrogen and oxygen atoms in total. The van der Waals surface area contributed by atoms with Gasteiger partial charge in [-0.2, -0.15) is 0 Å². The number of carboxylic acid groups (broad SMARTS) is 1. The molecular formula is C15H21NO5. The molecule has 0 aromatic heterocycles. The van der Waals surface area contributed by atoms with E-state index in [-0.39, 0.29) is 29.9 Å². The van der Waals surface area contributed by atoms with E-state index >= 15 is 0 Å². The summed E-state index contributed by atoms with van der Waals surface area (Å²) in [7, 11) is 1.67. The van der Waals surface area contributed by atoms with Crippen LogP contribution in [0.2, 0.25) is 0 Å². The zero-order valence-electron chi connectivity index (χ0n) is 12.8. The number of hydrogen-bond acceptors (Lipinski definition) is 4. The quantitative estimate of drug-likeness (QED) is 0.833. The van der Waals surface area contributed by atoms with Crippen molar-refractivity contribution in [1.82, 2.24) is 4.90 Å². The number of likely N-dealkylation sites (N-methyl/N-ethyl adjacent to an activating group) is 1. The maximum Gasteiger partial charge on any atom is 0.339 e. The summed E-state index contributed by atoms with van der Waals surface area (Å²) in [5, 5.41) is 9.19. The van der Waals surface area contributed by atoms with Gasteiger partial charge in [-0.1, -0.05) is 6.07 Å². The van der Waals surface area contributed by atoms with Gasteiger partial charge in [0.25, 0.3) is 5.91 Å². The van der Waals surface area contributed by atoms with Gasteiger partial charge in [-0.3, -0.25) is 4.79 Å². The number of benzene rings is 1. The Morgan fingerprint density at radius 3 is 2.48 bits per heavy atom. The highest BCUT2D eigenvalue weighted by atomic mass is 16.5. The van der Waals surface area contributed by atoms with Crippen LogP contribution in [0.4, 0.5) is 0 Å². The fourth-order valence-corrected chi connectivity index (χ4v) is 1.63. The summed E-state index contributed by atoms with van der Waals surface area (Å²) in [4.78, 5) is 24.7. The summed E-state index contributed by atoms with van der Waals surface area (Å²) < 4.78 is 10.8. The molecule has 21 heavy (non-hydrogen) atoms. The number of nitrogens with zero attached hydrogens (tertiary/aromatic N) is 1. The van der Waals surface area contributed by atoms with E-state index in [0.717, 1.165) is 0 Å². The molecule has 6 heteroatoms. The van der Waals surface area contributed by atoms with Crippen LogP contribution in [-0.2, 0) is 4.79 Å². The van der Waals surface area contributed by atoms with Gasteiger partial charge in [-0.05, 0) is 32.9 Å². The first-order valence-electron chi connectivity index (χ1n) is 6.76. The van der Waals surface area contributed by atoms with Crippen LogP contribution in [-0.4, -0.2) is 48.2 Å². The molecule has 0 saturated carbocycles. The van der Waals surface area contributed by atoms with Crippen LogP contribution in [0.5, 0.6) is 11.5 Å². The Bertz CT molecular complexity index is 513. The standard InChI is InChI=1S/C15H21NO5/c1-5-20-12-8-6-7-11(15(18)19)14(12)21-9-13(17)16(4)10(2)3/h6-8,10H,5,9H2,1-4H3,(H,18,19). The second-order valence-electron chi connectivity index (χ2n) is 4.76.